The summed E-state index contributed by atoms with van der Waals surface area (Å²) in [5.41, 5.74) is 0. The van der Waals surface area contributed by atoms with Gasteiger partial charge in [-0.1, -0.05) is 5.22 Å². The molecule has 3 amide bonds. The molecule has 0 aliphatic carbocycles. The van der Waals surface area contributed by atoms with Crippen LogP contribution in [0.15, 0.2) is 10.3 Å². The SMILES string of the molecule is O=C1NC(=O)C2N=NN(CC(O)[C@H](O)C(O)CO)C2N1. The van der Waals surface area contributed by atoms with Crippen molar-refractivity contribution in [2.75, 3.05) is 13.2 Å². The number of carbonyl (C=O) groups is 2. The highest BCUT2D eigenvalue weighted by molar-refractivity contribution is 6.00. The monoisotopic (exact) mass is 289 g/mol. The largest absolute Gasteiger partial charge is 0.394 e. The number of rotatable bonds is 5. The van der Waals surface area contributed by atoms with Gasteiger partial charge >= 0.3 is 6.03 Å². The van der Waals surface area contributed by atoms with E-state index in [-0.39, 0.29) is 6.54 Å². The van der Waals surface area contributed by atoms with E-state index in [0.29, 0.717) is 0 Å². The summed E-state index contributed by atoms with van der Waals surface area (Å²) in [7, 11) is 0. The van der Waals surface area contributed by atoms with E-state index in [1.54, 1.807) is 0 Å². The summed E-state index contributed by atoms with van der Waals surface area (Å²) in [5.74, 6) is -0.615. The predicted octanol–water partition coefficient (Wildman–Crippen LogP) is -3.72. The van der Waals surface area contributed by atoms with E-state index < -0.39 is 49.1 Å². The molecule has 11 heteroatoms. The first kappa shape index (κ1) is 14.6. The molecule has 0 aromatic rings. The molecule has 20 heavy (non-hydrogen) atoms. The van der Waals surface area contributed by atoms with Crippen molar-refractivity contribution in [3.05, 3.63) is 0 Å². The normalized spacial score (nSPS) is 29.5. The Balaban J connectivity index is 1.98. The number of urea groups is 1. The summed E-state index contributed by atoms with van der Waals surface area (Å²) >= 11 is 0. The minimum atomic E-state index is -1.60. The number of nitrogens with zero attached hydrogens (tertiary/aromatic N) is 3. The molecule has 0 radical (unpaired) electrons. The summed E-state index contributed by atoms with van der Waals surface area (Å²) in [6.45, 7) is -0.999. The van der Waals surface area contributed by atoms with Gasteiger partial charge in [0.25, 0.3) is 5.91 Å². The first-order chi connectivity index (χ1) is 9.43. The highest BCUT2D eigenvalue weighted by atomic mass is 16.4. The summed E-state index contributed by atoms with van der Waals surface area (Å²) < 4.78 is 0. The fourth-order valence-electron chi connectivity index (χ4n) is 1.92. The first-order valence-electron chi connectivity index (χ1n) is 5.88. The summed E-state index contributed by atoms with van der Waals surface area (Å²) in [4.78, 5) is 22.7. The van der Waals surface area contributed by atoms with Crippen LogP contribution < -0.4 is 10.6 Å². The van der Waals surface area contributed by atoms with E-state index in [2.05, 4.69) is 15.7 Å². The van der Waals surface area contributed by atoms with Crippen molar-refractivity contribution in [1.82, 2.24) is 15.6 Å². The van der Waals surface area contributed by atoms with Crippen molar-refractivity contribution in [3.63, 3.8) is 0 Å². The molecule has 2 heterocycles. The Hall–Kier alpha value is -1.82. The number of hydrogen-bond donors (Lipinski definition) is 6. The zero-order chi connectivity index (χ0) is 14.9. The molecule has 11 nitrogen and oxygen atoms in total. The van der Waals surface area contributed by atoms with Gasteiger partial charge in [0.05, 0.1) is 13.2 Å². The molecule has 0 spiro atoms. The Morgan fingerprint density at radius 2 is 1.95 bits per heavy atom. The van der Waals surface area contributed by atoms with Gasteiger partial charge in [0.1, 0.15) is 18.3 Å². The number of carbonyl (C=O) groups excluding carboxylic acids is 2. The third kappa shape index (κ3) is 2.70. The van der Waals surface area contributed by atoms with Gasteiger partial charge in [0.2, 0.25) is 0 Å². The summed E-state index contributed by atoms with van der Waals surface area (Å²) in [5, 5.41) is 50.0. The highest BCUT2D eigenvalue weighted by Gasteiger charge is 2.44. The number of aliphatic hydroxyl groups is 4. The van der Waals surface area contributed by atoms with Crippen molar-refractivity contribution in [2.24, 2.45) is 10.3 Å². The maximum atomic E-state index is 11.5. The van der Waals surface area contributed by atoms with Crippen LogP contribution in [-0.4, -0.2) is 81.0 Å². The molecule has 0 aromatic carbocycles. The number of hydrogen-bond acceptors (Lipinski definition) is 9. The maximum absolute atomic E-state index is 11.5. The van der Waals surface area contributed by atoms with Gasteiger partial charge in [-0.2, -0.15) is 5.11 Å². The average molecular weight is 289 g/mol. The molecule has 0 aromatic heterocycles. The average Bonchev–Trinajstić information content (AvgIpc) is 2.80. The summed E-state index contributed by atoms with van der Waals surface area (Å²) in [6, 6.07) is -1.64. The zero-order valence-electron chi connectivity index (χ0n) is 10.2. The fraction of sp³-hybridized carbons (Fsp3) is 0.778. The number of nitrogens with one attached hydrogen (secondary N) is 2. The molecular formula is C9H15N5O6. The molecule has 4 unspecified atom stereocenters. The van der Waals surface area contributed by atoms with E-state index in [9.17, 15) is 24.9 Å². The van der Waals surface area contributed by atoms with E-state index in [1.807, 2.05) is 5.32 Å². The van der Waals surface area contributed by atoms with Crippen LogP contribution >= 0.6 is 0 Å². The molecule has 112 valence electrons. The minimum Gasteiger partial charge on any atom is -0.394 e. The number of fused-ring (bicyclic) bond motifs is 1. The molecule has 2 aliphatic rings. The van der Waals surface area contributed by atoms with Gasteiger partial charge in [0, 0.05) is 0 Å². The van der Waals surface area contributed by atoms with Gasteiger partial charge < -0.3 is 25.7 Å². The van der Waals surface area contributed by atoms with Gasteiger partial charge in [-0.25, -0.2) is 4.79 Å². The highest BCUT2D eigenvalue weighted by Crippen LogP contribution is 2.19. The van der Waals surface area contributed by atoms with Crippen molar-refractivity contribution in [1.29, 1.82) is 0 Å². The molecule has 2 rings (SSSR count). The number of imide groups is 1. The lowest BCUT2D eigenvalue weighted by Crippen LogP contribution is -2.64. The minimum absolute atomic E-state index is 0.281. The predicted molar refractivity (Wildman–Crippen MR) is 60.9 cm³/mol. The van der Waals surface area contributed by atoms with Crippen molar-refractivity contribution >= 4 is 11.9 Å². The van der Waals surface area contributed by atoms with Crippen molar-refractivity contribution < 1.29 is 30.0 Å². The summed E-state index contributed by atoms with van der Waals surface area (Å²) in [6.07, 6.45) is -5.41. The van der Waals surface area contributed by atoms with Crippen LogP contribution in [-0.2, 0) is 4.79 Å². The topological polar surface area (TPSA) is 167 Å². The standard InChI is InChI=1S/C9H15N5O6/c15-2-4(17)6(18)3(16)1-14-7-5(12-13-14)8(19)11-9(20)10-7/h3-7,15-18H,1-2H2,(H2,10,11,19,20)/t3?,4?,5?,6-,7?/m0/s1. The molecule has 6 N–H and O–H groups in total. The Bertz CT molecular complexity index is 431. The van der Waals surface area contributed by atoms with Gasteiger partial charge in [-0.15, -0.1) is 0 Å². The third-order valence-corrected chi connectivity index (χ3v) is 3.05. The van der Waals surface area contributed by atoms with Gasteiger partial charge in [0.15, 0.2) is 12.2 Å². The Morgan fingerprint density at radius 3 is 2.60 bits per heavy atom. The van der Waals surface area contributed by atoms with Crippen LogP contribution in [0, 0.1) is 0 Å². The smallest absolute Gasteiger partial charge is 0.323 e. The van der Waals surface area contributed by atoms with Crippen molar-refractivity contribution in [3.8, 4) is 0 Å². The zero-order valence-corrected chi connectivity index (χ0v) is 10.2. The second-order valence-electron chi connectivity index (χ2n) is 4.49. The molecule has 1 saturated heterocycles. The third-order valence-electron chi connectivity index (χ3n) is 3.05. The Morgan fingerprint density at radius 1 is 1.25 bits per heavy atom. The number of β-amino-alcohol motifs (C(OH)–C–C–N with tert-alkyl or cyclic N) is 1. The van der Waals surface area contributed by atoms with Crippen LogP contribution in [0.4, 0.5) is 4.79 Å². The van der Waals surface area contributed by atoms with Crippen LogP contribution in [0.3, 0.4) is 0 Å². The van der Waals surface area contributed by atoms with E-state index in [1.165, 1.54) is 0 Å². The molecule has 1 fully saturated rings. The van der Waals surface area contributed by atoms with Crippen LogP contribution in [0.1, 0.15) is 0 Å². The molecule has 2 aliphatic heterocycles. The van der Waals surface area contributed by atoms with E-state index in [4.69, 9.17) is 5.11 Å². The lowest BCUT2D eigenvalue weighted by atomic mass is 10.1. The van der Waals surface area contributed by atoms with E-state index >= 15 is 0 Å². The van der Waals surface area contributed by atoms with E-state index in [0.717, 1.165) is 5.01 Å². The van der Waals surface area contributed by atoms with Crippen LogP contribution in [0.2, 0.25) is 0 Å². The van der Waals surface area contributed by atoms with Gasteiger partial charge in [-0.05, 0) is 0 Å². The first-order valence-corrected chi connectivity index (χ1v) is 5.88. The Kier molecular flexibility index (Phi) is 4.13. The molecule has 5 atom stereocenters. The Labute approximate surface area is 112 Å². The second-order valence-corrected chi connectivity index (χ2v) is 4.49. The molecule has 0 saturated carbocycles. The maximum Gasteiger partial charge on any atom is 0.323 e. The molecular weight excluding hydrogens is 274 g/mol. The number of amides is 3. The fourth-order valence-corrected chi connectivity index (χ4v) is 1.92. The second kappa shape index (κ2) is 5.66. The quantitative estimate of drug-likeness (QED) is 0.302. The number of aliphatic hydroxyl groups excluding tert-OH is 4. The van der Waals surface area contributed by atoms with Crippen LogP contribution in [0.5, 0.6) is 0 Å². The van der Waals surface area contributed by atoms with Crippen LogP contribution in [0.25, 0.3) is 0 Å². The lowest BCUT2D eigenvalue weighted by Gasteiger charge is -2.31. The molecule has 0 bridgehead atoms. The lowest BCUT2D eigenvalue weighted by molar-refractivity contribution is -0.123. The van der Waals surface area contributed by atoms with Gasteiger partial charge in [-0.3, -0.25) is 15.1 Å². The van der Waals surface area contributed by atoms with Crippen molar-refractivity contribution in [2.45, 2.75) is 30.5 Å².